The van der Waals surface area contributed by atoms with Crippen molar-refractivity contribution in [3.8, 4) is 0 Å². The Bertz CT molecular complexity index is 338. The van der Waals surface area contributed by atoms with Gasteiger partial charge in [0.1, 0.15) is 0 Å². The van der Waals surface area contributed by atoms with Gasteiger partial charge in [-0.05, 0) is 30.5 Å². The molecule has 0 aliphatic heterocycles. The van der Waals surface area contributed by atoms with Crippen molar-refractivity contribution >= 4 is 5.91 Å². The van der Waals surface area contributed by atoms with Crippen LogP contribution in [0.5, 0.6) is 0 Å². The molecule has 1 amide bonds. The van der Waals surface area contributed by atoms with Gasteiger partial charge in [-0.3, -0.25) is 9.78 Å². The van der Waals surface area contributed by atoms with Gasteiger partial charge in [-0.2, -0.15) is 0 Å². The van der Waals surface area contributed by atoms with E-state index in [0.29, 0.717) is 19.0 Å². The Hall–Kier alpha value is -1.42. The van der Waals surface area contributed by atoms with Crippen molar-refractivity contribution < 1.29 is 4.79 Å². The second kappa shape index (κ2) is 7.01. The third kappa shape index (κ3) is 4.53. The molecule has 4 nitrogen and oxygen atoms in total. The zero-order valence-electron chi connectivity index (χ0n) is 10.5. The zero-order chi connectivity index (χ0) is 12.7. The largest absolute Gasteiger partial charge is 0.352 e. The molecule has 0 radical (unpaired) electrons. The van der Waals surface area contributed by atoms with E-state index in [1.807, 2.05) is 26.0 Å². The van der Waals surface area contributed by atoms with Crippen LogP contribution in [0, 0.1) is 11.8 Å². The molecule has 1 atom stereocenters. The lowest BCUT2D eigenvalue weighted by atomic mass is 9.91. The summed E-state index contributed by atoms with van der Waals surface area (Å²) in [6.45, 7) is 5.16. The normalized spacial score (nSPS) is 12.5. The SMILES string of the molecule is CC(C)C(CCN)C(=O)NCc1cccnc1. The second-order valence-corrected chi connectivity index (χ2v) is 4.51. The van der Waals surface area contributed by atoms with Gasteiger partial charge in [0.15, 0.2) is 0 Å². The molecule has 0 bridgehead atoms. The minimum Gasteiger partial charge on any atom is -0.352 e. The molecular weight excluding hydrogens is 214 g/mol. The first kappa shape index (κ1) is 13.6. The maximum absolute atomic E-state index is 12.0. The number of nitrogens with two attached hydrogens (primary N) is 1. The van der Waals surface area contributed by atoms with Crippen molar-refractivity contribution in [2.24, 2.45) is 17.6 Å². The van der Waals surface area contributed by atoms with Gasteiger partial charge in [0, 0.05) is 24.9 Å². The van der Waals surface area contributed by atoms with Gasteiger partial charge in [-0.25, -0.2) is 0 Å². The van der Waals surface area contributed by atoms with E-state index in [1.165, 1.54) is 0 Å². The van der Waals surface area contributed by atoms with Gasteiger partial charge in [0.2, 0.25) is 5.91 Å². The number of hydrogen-bond donors (Lipinski definition) is 2. The molecule has 0 aliphatic carbocycles. The van der Waals surface area contributed by atoms with Crippen LogP contribution < -0.4 is 11.1 Å². The van der Waals surface area contributed by atoms with Crippen LogP contribution in [-0.4, -0.2) is 17.4 Å². The third-order valence-corrected chi connectivity index (χ3v) is 2.81. The number of aromatic nitrogens is 1. The molecule has 1 heterocycles. The smallest absolute Gasteiger partial charge is 0.223 e. The van der Waals surface area contributed by atoms with Gasteiger partial charge in [0.25, 0.3) is 0 Å². The molecule has 94 valence electrons. The maximum atomic E-state index is 12.0. The Kier molecular flexibility index (Phi) is 5.63. The minimum absolute atomic E-state index is 0.00308. The molecule has 1 aromatic heterocycles. The summed E-state index contributed by atoms with van der Waals surface area (Å²) < 4.78 is 0. The number of nitrogens with one attached hydrogen (secondary N) is 1. The summed E-state index contributed by atoms with van der Waals surface area (Å²) in [4.78, 5) is 16.0. The van der Waals surface area contributed by atoms with Crippen LogP contribution in [0.1, 0.15) is 25.8 Å². The van der Waals surface area contributed by atoms with E-state index in [9.17, 15) is 4.79 Å². The lowest BCUT2D eigenvalue weighted by Gasteiger charge is -2.19. The number of nitrogens with zero attached hydrogens (tertiary/aromatic N) is 1. The molecule has 3 N–H and O–H groups in total. The Morgan fingerprint density at radius 3 is 2.82 bits per heavy atom. The summed E-state index contributed by atoms with van der Waals surface area (Å²) in [6, 6.07) is 3.81. The number of amides is 1. The van der Waals surface area contributed by atoms with Crippen LogP contribution in [0.2, 0.25) is 0 Å². The molecule has 0 saturated carbocycles. The Labute approximate surface area is 103 Å². The standard InChI is InChI=1S/C13H21N3O/c1-10(2)12(5-6-14)13(17)16-9-11-4-3-7-15-8-11/h3-4,7-8,10,12H,5-6,9,14H2,1-2H3,(H,16,17). The van der Waals surface area contributed by atoms with Gasteiger partial charge in [0.05, 0.1) is 0 Å². The molecule has 4 heteroatoms. The van der Waals surface area contributed by atoms with Crippen molar-refractivity contribution in [2.75, 3.05) is 6.54 Å². The second-order valence-electron chi connectivity index (χ2n) is 4.51. The zero-order valence-corrected chi connectivity index (χ0v) is 10.5. The molecule has 0 aromatic carbocycles. The monoisotopic (exact) mass is 235 g/mol. The van der Waals surface area contributed by atoms with Crippen LogP contribution in [0.4, 0.5) is 0 Å². The first-order valence-corrected chi connectivity index (χ1v) is 6.01. The Morgan fingerprint density at radius 1 is 1.53 bits per heavy atom. The molecule has 0 spiro atoms. The highest BCUT2D eigenvalue weighted by molar-refractivity contribution is 5.78. The quantitative estimate of drug-likeness (QED) is 0.781. The first-order valence-electron chi connectivity index (χ1n) is 6.01. The highest BCUT2D eigenvalue weighted by Crippen LogP contribution is 2.14. The lowest BCUT2D eigenvalue weighted by Crippen LogP contribution is -2.34. The summed E-state index contributed by atoms with van der Waals surface area (Å²) in [5.41, 5.74) is 6.53. The molecular formula is C13H21N3O. The average molecular weight is 235 g/mol. The summed E-state index contributed by atoms with van der Waals surface area (Å²) in [5.74, 6) is 0.387. The molecule has 1 rings (SSSR count). The van der Waals surface area contributed by atoms with Crippen molar-refractivity contribution in [3.05, 3.63) is 30.1 Å². The van der Waals surface area contributed by atoms with Crippen molar-refractivity contribution in [1.29, 1.82) is 0 Å². The molecule has 0 aliphatic rings. The van der Waals surface area contributed by atoms with Crippen LogP contribution in [0.3, 0.4) is 0 Å². The van der Waals surface area contributed by atoms with E-state index in [4.69, 9.17) is 5.73 Å². The number of carbonyl (C=O) groups is 1. The van der Waals surface area contributed by atoms with Crippen molar-refractivity contribution in [3.63, 3.8) is 0 Å². The highest BCUT2D eigenvalue weighted by atomic mass is 16.1. The average Bonchev–Trinajstić information content (AvgIpc) is 2.34. The minimum atomic E-state index is -0.00308. The fourth-order valence-corrected chi connectivity index (χ4v) is 1.77. The third-order valence-electron chi connectivity index (χ3n) is 2.81. The lowest BCUT2D eigenvalue weighted by molar-refractivity contribution is -0.126. The molecule has 1 aromatic rings. The van der Waals surface area contributed by atoms with Crippen molar-refractivity contribution in [2.45, 2.75) is 26.8 Å². The van der Waals surface area contributed by atoms with E-state index >= 15 is 0 Å². The van der Waals surface area contributed by atoms with E-state index in [-0.39, 0.29) is 11.8 Å². The van der Waals surface area contributed by atoms with E-state index in [2.05, 4.69) is 10.3 Å². The fourth-order valence-electron chi connectivity index (χ4n) is 1.77. The van der Waals surface area contributed by atoms with Gasteiger partial charge in [-0.15, -0.1) is 0 Å². The number of pyridine rings is 1. The van der Waals surface area contributed by atoms with E-state index < -0.39 is 0 Å². The van der Waals surface area contributed by atoms with Crippen LogP contribution in [-0.2, 0) is 11.3 Å². The summed E-state index contributed by atoms with van der Waals surface area (Å²) >= 11 is 0. The molecule has 0 saturated heterocycles. The van der Waals surface area contributed by atoms with Gasteiger partial charge >= 0.3 is 0 Å². The van der Waals surface area contributed by atoms with Crippen LogP contribution in [0.25, 0.3) is 0 Å². The number of rotatable bonds is 6. The Morgan fingerprint density at radius 2 is 2.29 bits per heavy atom. The van der Waals surface area contributed by atoms with Crippen molar-refractivity contribution in [1.82, 2.24) is 10.3 Å². The highest BCUT2D eigenvalue weighted by Gasteiger charge is 2.20. The molecule has 1 unspecified atom stereocenters. The Balaban J connectivity index is 2.47. The summed E-state index contributed by atoms with van der Waals surface area (Å²) in [7, 11) is 0. The number of carbonyl (C=O) groups excluding carboxylic acids is 1. The molecule has 17 heavy (non-hydrogen) atoms. The van der Waals surface area contributed by atoms with E-state index in [0.717, 1.165) is 12.0 Å². The fraction of sp³-hybridized carbons (Fsp3) is 0.538. The summed E-state index contributed by atoms with van der Waals surface area (Å²) in [6.07, 6.45) is 4.21. The number of hydrogen-bond acceptors (Lipinski definition) is 3. The maximum Gasteiger partial charge on any atom is 0.223 e. The van der Waals surface area contributed by atoms with E-state index in [1.54, 1.807) is 12.4 Å². The van der Waals surface area contributed by atoms with Gasteiger partial charge < -0.3 is 11.1 Å². The first-order chi connectivity index (χ1) is 8.15. The predicted molar refractivity (Wildman–Crippen MR) is 68.1 cm³/mol. The van der Waals surface area contributed by atoms with Crippen LogP contribution >= 0.6 is 0 Å². The van der Waals surface area contributed by atoms with Gasteiger partial charge in [-0.1, -0.05) is 19.9 Å². The topological polar surface area (TPSA) is 68.0 Å². The summed E-state index contributed by atoms with van der Waals surface area (Å²) in [5, 5.41) is 2.93. The molecule has 0 fully saturated rings. The predicted octanol–water partition coefficient (Wildman–Crippen LogP) is 1.32. The van der Waals surface area contributed by atoms with Crippen LogP contribution in [0.15, 0.2) is 24.5 Å².